The number of aromatic nitrogens is 1. The zero-order chi connectivity index (χ0) is 13.6. The molecular formula is C18H15NO. The molecule has 0 aliphatic heterocycles. The van der Waals surface area contributed by atoms with Crippen LogP contribution in [0.15, 0.2) is 66.9 Å². The molecule has 0 saturated carbocycles. The van der Waals surface area contributed by atoms with Crippen LogP contribution in [0.1, 0.15) is 17.5 Å². The average molecular weight is 261 g/mol. The van der Waals surface area contributed by atoms with Crippen molar-refractivity contribution in [3.8, 4) is 0 Å². The van der Waals surface area contributed by atoms with E-state index >= 15 is 0 Å². The molecule has 1 atom stereocenters. The lowest BCUT2D eigenvalue weighted by atomic mass is 9.89. The summed E-state index contributed by atoms with van der Waals surface area (Å²) in [5.74, 6) is 0. The van der Waals surface area contributed by atoms with E-state index in [-0.39, 0.29) is 0 Å². The first-order chi connectivity index (χ1) is 9.79. The molecule has 20 heavy (non-hydrogen) atoms. The highest BCUT2D eigenvalue weighted by atomic mass is 16.3. The SMILES string of the molecule is OC1(n2ccc3ccccc32)CC=Cc2ccccc21. The minimum Gasteiger partial charge on any atom is -0.366 e. The Hall–Kier alpha value is -2.32. The summed E-state index contributed by atoms with van der Waals surface area (Å²) in [6.45, 7) is 0. The standard InChI is InChI=1S/C18H15NO/c20-18(12-5-8-14-6-1-3-9-16(14)18)19-13-11-15-7-2-4-10-17(15)19/h1-11,13,20H,12H2. The number of hydrogen-bond acceptors (Lipinski definition) is 1. The van der Waals surface area contributed by atoms with Crippen LogP contribution >= 0.6 is 0 Å². The van der Waals surface area contributed by atoms with Crippen molar-refractivity contribution in [1.82, 2.24) is 4.57 Å². The van der Waals surface area contributed by atoms with Gasteiger partial charge in [0.2, 0.25) is 0 Å². The molecule has 0 radical (unpaired) electrons. The van der Waals surface area contributed by atoms with Gasteiger partial charge in [0.25, 0.3) is 0 Å². The zero-order valence-corrected chi connectivity index (χ0v) is 11.0. The van der Waals surface area contributed by atoms with Crippen molar-refractivity contribution in [2.24, 2.45) is 0 Å². The number of nitrogens with zero attached hydrogens (tertiary/aromatic N) is 1. The fourth-order valence-electron chi connectivity index (χ4n) is 3.10. The summed E-state index contributed by atoms with van der Waals surface area (Å²) in [6, 6.07) is 18.2. The van der Waals surface area contributed by atoms with Crippen LogP contribution < -0.4 is 0 Å². The third kappa shape index (κ3) is 1.49. The predicted octanol–water partition coefficient (Wildman–Crippen LogP) is 3.75. The second-order valence-corrected chi connectivity index (χ2v) is 5.25. The second-order valence-electron chi connectivity index (χ2n) is 5.25. The lowest BCUT2D eigenvalue weighted by Gasteiger charge is -2.34. The molecule has 1 aromatic heterocycles. The van der Waals surface area contributed by atoms with Gasteiger partial charge in [-0.15, -0.1) is 0 Å². The van der Waals surface area contributed by atoms with Crippen molar-refractivity contribution in [2.75, 3.05) is 0 Å². The van der Waals surface area contributed by atoms with E-state index in [1.54, 1.807) is 0 Å². The first-order valence-electron chi connectivity index (χ1n) is 6.84. The van der Waals surface area contributed by atoms with E-state index in [0.29, 0.717) is 6.42 Å². The molecule has 0 saturated heterocycles. The Morgan fingerprint density at radius 1 is 0.950 bits per heavy atom. The largest absolute Gasteiger partial charge is 0.366 e. The maximum atomic E-state index is 11.3. The van der Waals surface area contributed by atoms with Crippen molar-refractivity contribution in [3.63, 3.8) is 0 Å². The molecule has 1 heterocycles. The van der Waals surface area contributed by atoms with Crippen molar-refractivity contribution in [2.45, 2.75) is 12.1 Å². The van der Waals surface area contributed by atoms with E-state index in [0.717, 1.165) is 22.0 Å². The zero-order valence-electron chi connectivity index (χ0n) is 11.0. The highest BCUT2D eigenvalue weighted by Gasteiger charge is 2.34. The molecule has 0 fully saturated rings. The van der Waals surface area contributed by atoms with Crippen molar-refractivity contribution < 1.29 is 5.11 Å². The molecule has 0 bridgehead atoms. The van der Waals surface area contributed by atoms with Gasteiger partial charge >= 0.3 is 0 Å². The van der Waals surface area contributed by atoms with E-state index in [1.807, 2.05) is 65.4 Å². The Bertz CT molecular complexity index is 815. The molecule has 3 aromatic rings. The first-order valence-corrected chi connectivity index (χ1v) is 6.84. The number of benzene rings is 2. The van der Waals surface area contributed by atoms with Gasteiger partial charge in [0.15, 0.2) is 5.72 Å². The monoisotopic (exact) mass is 261 g/mol. The second kappa shape index (κ2) is 4.09. The highest BCUT2D eigenvalue weighted by Crippen LogP contribution is 2.37. The number of hydrogen-bond donors (Lipinski definition) is 1. The lowest BCUT2D eigenvalue weighted by molar-refractivity contribution is 0.0114. The van der Waals surface area contributed by atoms with Gasteiger partial charge in [-0.3, -0.25) is 0 Å². The van der Waals surface area contributed by atoms with Gasteiger partial charge in [-0.25, -0.2) is 0 Å². The molecule has 2 heteroatoms. The summed E-state index contributed by atoms with van der Waals surface area (Å²) in [6.07, 6.45) is 6.68. The summed E-state index contributed by atoms with van der Waals surface area (Å²) in [5, 5.41) is 12.4. The van der Waals surface area contributed by atoms with Gasteiger partial charge in [0.05, 0.1) is 5.52 Å². The molecule has 0 spiro atoms. The van der Waals surface area contributed by atoms with Gasteiger partial charge in [-0.05, 0) is 23.1 Å². The van der Waals surface area contributed by atoms with Crippen LogP contribution in [0.4, 0.5) is 0 Å². The maximum absolute atomic E-state index is 11.3. The Morgan fingerprint density at radius 2 is 1.75 bits per heavy atom. The minimum atomic E-state index is -1.01. The van der Waals surface area contributed by atoms with Gasteiger partial charge in [0.1, 0.15) is 0 Å². The van der Waals surface area contributed by atoms with E-state index in [1.165, 1.54) is 0 Å². The summed E-state index contributed by atoms with van der Waals surface area (Å²) in [5.41, 5.74) is 2.09. The first kappa shape index (κ1) is 11.5. The molecule has 1 aliphatic rings. The molecule has 2 nitrogen and oxygen atoms in total. The van der Waals surface area contributed by atoms with Crippen LogP contribution in [0, 0.1) is 0 Å². The topological polar surface area (TPSA) is 25.2 Å². The van der Waals surface area contributed by atoms with Crippen molar-refractivity contribution in [3.05, 3.63) is 78.0 Å². The third-order valence-electron chi connectivity index (χ3n) is 4.09. The quantitative estimate of drug-likeness (QED) is 0.709. The summed E-state index contributed by atoms with van der Waals surface area (Å²) >= 11 is 0. The molecule has 1 unspecified atom stereocenters. The predicted molar refractivity (Wildman–Crippen MR) is 81.3 cm³/mol. The number of aliphatic hydroxyl groups is 1. The van der Waals surface area contributed by atoms with Crippen LogP contribution in [0.3, 0.4) is 0 Å². The van der Waals surface area contributed by atoms with Crippen LogP contribution in [-0.4, -0.2) is 9.67 Å². The average Bonchev–Trinajstić information content (AvgIpc) is 2.92. The van der Waals surface area contributed by atoms with Gasteiger partial charge < -0.3 is 9.67 Å². The molecule has 1 N–H and O–H groups in total. The normalized spacial score (nSPS) is 21.1. The molecule has 98 valence electrons. The van der Waals surface area contributed by atoms with Crippen molar-refractivity contribution in [1.29, 1.82) is 0 Å². The van der Waals surface area contributed by atoms with Crippen LogP contribution in [-0.2, 0) is 5.72 Å². The number of fused-ring (bicyclic) bond motifs is 2. The summed E-state index contributed by atoms with van der Waals surface area (Å²) < 4.78 is 1.98. The van der Waals surface area contributed by atoms with E-state index in [4.69, 9.17) is 0 Å². The molecule has 4 rings (SSSR count). The van der Waals surface area contributed by atoms with Gasteiger partial charge in [0, 0.05) is 18.2 Å². The molecule has 1 aliphatic carbocycles. The van der Waals surface area contributed by atoms with Crippen LogP contribution in [0.2, 0.25) is 0 Å². The van der Waals surface area contributed by atoms with Gasteiger partial charge in [-0.2, -0.15) is 0 Å². The van der Waals surface area contributed by atoms with Crippen molar-refractivity contribution >= 4 is 17.0 Å². The van der Waals surface area contributed by atoms with Crippen LogP contribution in [0.5, 0.6) is 0 Å². The third-order valence-corrected chi connectivity index (χ3v) is 4.09. The molecule has 2 aromatic carbocycles. The summed E-state index contributed by atoms with van der Waals surface area (Å²) in [4.78, 5) is 0. The Balaban J connectivity index is 2.00. The number of rotatable bonds is 1. The van der Waals surface area contributed by atoms with E-state index < -0.39 is 5.72 Å². The summed E-state index contributed by atoms with van der Waals surface area (Å²) in [7, 11) is 0. The van der Waals surface area contributed by atoms with Gasteiger partial charge in [-0.1, -0.05) is 54.6 Å². The van der Waals surface area contributed by atoms with E-state index in [9.17, 15) is 5.11 Å². The molecule has 0 amide bonds. The Morgan fingerprint density at radius 3 is 2.70 bits per heavy atom. The Kier molecular flexibility index (Phi) is 2.35. The number of para-hydroxylation sites is 1. The maximum Gasteiger partial charge on any atom is 0.172 e. The molecular weight excluding hydrogens is 246 g/mol. The fraction of sp³-hybridized carbons (Fsp3) is 0.111. The lowest BCUT2D eigenvalue weighted by Crippen LogP contribution is -2.35. The Labute approximate surface area is 117 Å². The van der Waals surface area contributed by atoms with E-state index in [2.05, 4.69) is 12.1 Å². The fourth-order valence-corrected chi connectivity index (χ4v) is 3.10. The smallest absolute Gasteiger partial charge is 0.172 e. The highest BCUT2D eigenvalue weighted by molar-refractivity contribution is 5.80. The minimum absolute atomic E-state index is 0.586. The van der Waals surface area contributed by atoms with Crippen LogP contribution in [0.25, 0.3) is 17.0 Å².